The first-order valence-corrected chi connectivity index (χ1v) is 10.9. The summed E-state index contributed by atoms with van der Waals surface area (Å²) in [4.78, 5) is 0. The van der Waals surface area contributed by atoms with Gasteiger partial charge in [0.05, 0.1) is 6.61 Å². The van der Waals surface area contributed by atoms with E-state index in [1.54, 1.807) is 0 Å². The molecule has 2 atom stereocenters. The highest BCUT2D eigenvalue weighted by Crippen LogP contribution is 2.38. The molecule has 0 aliphatic rings. The molecule has 0 saturated heterocycles. The molecule has 2 heteroatoms. The molecule has 0 radical (unpaired) electrons. The minimum atomic E-state index is -2.06. The summed E-state index contributed by atoms with van der Waals surface area (Å²) in [6.45, 7) is 10.1. The molecule has 0 fully saturated rings. The molecule has 2 unspecified atom stereocenters. The van der Waals surface area contributed by atoms with E-state index < -0.39 is 8.32 Å². The van der Waals surface area contributed by atoms with E-state index in [1.807, 2.05) is 0 Å². The van der Waals surface area contributed by atoms with Crippen LogP contribution in [0.15, 0.2) is 60.7 Å². The molecule has 0 amide bonds. The molecule has 124 valence electrons. The molecule has 23 heavy (non-hydrogen) atoms. The van der Waals surface area contributed by atoms with Crippen molar-refractivity contribution in [2.45, 2.75) is 58.2 Å². The van der Waals surface area contributed by atoms with Gasteiger partial charge >= 0.3 is 0 Å². The first kappa shape index (κ1) is 18.0. The summed E-state index contributed by atoms with van der Waals surface area (Å²) in [5.41, 5.74) is 2.47. The normalized spacial score (nSPS) is 16.5. The van der Waals surface area contributed by atoms with Crippen molar-refractivity contribution >= 4 is 13.5 Å². The van der Waals surface area contributed by atoms with E-state index in [0.717, 1.165) is 6.61 Å². The quantitative estimate of drug-likeness (QED) is 0.569. The summed E-state index contributed by atoms with van der Waals surface area (Å²) in [5.74, 6) is 0. The summed E-state index contributed by atoms with van der Waals surface area (Å²) in [5, 5.41) is 1.44. The molecule has 2 aromatic carbocycles. The second-order valence-electron chi connectivity index (χ2n) is 6.55. The van der Waals surface area contributed by atoms with E-state index in [1.165, 1.54) is 23.6 Å². The molecule has 1 nitrogen and oxygen atoms in total. The van der Waals surface area contributed by atoms with E-state index in [0.29, 0.717) is 11.1 Å². The zero-order valence-electron chi connectivity index (χ0n) is 15.0. The standard InChI is InChI=1S/C21H30OSi/c1-5-18(3)23(19(4)6-2,21-15-11-8-12-16-21)22-17-20-13-9-7-10-14-20/h7-16,18-19H,5-6,17H2,1-4H3. The molecule has 0 heterocycles. The van der Waals surface area contributed by atoms with E-state index >= 15 is 0 Å². The van der Waals surface area contributed by atoms with Crippen molar-refractivity contribution in [2.24, 2.45) is 0 Å². The van der Waals surface area contributed by atoms with Crippen LogP contribution >= 0.6 is 0 Å². The molecule has 0 N–H and O–H groups in total. The zero-order chi connectivity index (χ0) is 16.7. The van der Waals surface area contributed by atoms with Gasteiger partial charge in [-0.05, 0) is 21.8 Å². The lowest BCUT2D eigenvalue weighted by Gasteiger charge is -2.41. The first-order chi connectivity index (χ1) is 11.1. The monoisotopic (exact) mass is 326 g/mol. The Kier molecular flexibility index (Phi) is 6.61. The molecule has 0 bridgehead atoms. The van der Waals surface area contributed by atoms with Gasteiger partial charge in [-0.2, -0.15) is 0 Å². The lowest BCUT2D eigenvalue weighted by molar-refractivity contribution is 0.278. The summed E-state index contributed by atoms with van der Waals surface area (Å²) in [6.07, 6.45) is 2.33. The number of rotatable bonds is 8. The Morgan fingerprint density at radius 1 is 0.783 bits per heavy atom. The van der Waals surface area contributed by atoms with Gasteiger partial charge in [0.25, 0.3) is 0 Å². The topological polar surface area (TPSA) is 9.23 Å². The summed E-state index contributed by atoms with van der Waals surface area (Å²) >= 11 is 0. The summed E-state index contributed by atoms with van der Waals surface area (Å²) < 4.78 is 6.85. The molecule has 0 aromatic heterocycles. The number of hydrogen-bond acceptors (Lipinski definition) is 1. The van der Waals surface area contributed by atoms with Crippen molar-refractivity contribution in [1.29, 1.82) is 0 Å². The lowest BCUT2D eigenvalue weighted by Crippen LogP contribution is -2.56. The second kappa shape index (κ2) is 8.46. The van der Waals surface area contributed by atoms with Crippen molar-refractivity contribution in [3.8, 4) is 0 Å². The predicted molar refractivity (Wildman–Crippen MR) is 102 cm³/mol. The van der Waals surface area contributed by atoms with Gasteiger partial charge in [-0.25, -0.2) is 0 Å². The molecule has 0 aliphatic carbocycles. The van der Waals surface area contributed by atoms with Crippen molar-refractivity contribution in [3.63, 3.8) is 0 Å². The van der Waals surface area contributed by atoms with Gasteiger partial charge in [-0.1, -0.05) is 101 Å². The average molecular weight is 327 g/mol. The fraction of sp³-hybridized carbons (Fsp3) is 0.429. The van der Waals surface area contributed by atoms with Crippen LogP contribution in [0.25, 0.3) is 0 Å². The van der Waals surface area contributed by atoms with Crippen molar-refractivity contribution < 1.29 is 4.43 Å². The Bertz CT molecular complexity index is 557. The fourth-order valence-electron chi connectivity index (χ4n) is 3.50. The Labute approximate surface area is 142 Å². The van der Waals surface area contributed by atoms with Gasteiger partial charge in [-0.15, -0.1) is 0 Å². The maximum Gasteiger partial charge on any atom is 0.230 e. The zero-order valence-corrected chi connectivity index (χ0v) is 16.0. The smallest absolute Gasteiger partial charge is 0.230 e. The van der Waals surface area contributed by atoms with E-state index in [2.05, 4.69) is 88.4 Å². The first-order valence-electron chi connectivity index (χ1n) is 8.88. The third-order valence-electron chi connectivity index (χ3n) is 5.23. The Morgan fingerprint density at radius 3 is 1.74 bits per heavy atom. The molecular formula is C21H30OSi. The minimum absolute atomic E-state index is 0.601. The van der Waals surface area contributed by atoms with E-state index in [-0.39, 0.29) is 0 Å². The Morgan fingerprint density at radius 2 is 1.26 bits per heavy atom. The van der Waals surface area contributed by atoms with E-state index in [9.17, 15) is 0 Å². The minimum Gasteiger partial charge on any atom is -0.408 e. The largest absolute Gasteiger partial charge is 0.408 e. The van der Waals surface area contributed by atoms with Crippen molar-refractivity contribution in [3.05, 3.63) is 66.2 Å². The lowest BCUT2D eigenvalue weighted by atomic mass is 10.2. The van der Waals surface area contributed by atoms with Gasteiger partial charge in [0.2, 0.25) is 8.32 Å². The van der Waals surface area contributed by atoms with Crippen molar-refractivity contribution in [2.75, 3.05) is 0 Å². The van der Waals surface area contributed by atoms with Crippen LogP contribution in [0.4, 0.5) is 0 Å². The number of benzene rings is 2. The van der Waals surface area contributed by atoms with Gasteiger partial charge in [0.1, 0.15) is 0 Å². The summed E-state index contributed by atoms with van der Waals surface area (Å²) in [7, 11) is -2.06. The van der Waals surface area contributed by atoms with E-state index in [4.69, 9.17) is 4.43 Å². The maximum absolute atomic E-state index is 6.85. The van der Waals surface area contributed by atoms with Crippen LogP contribution in [-0.2, 0) is 11.0 Å². The van der Waals surface area contributed by atoms with Crippen LogP contribution in [0, 0.1) is 0 Å². The van der Waals surface area contributed by atoms with Gasteiger partial charge in [0, 0.05) is 0 Å². The molecule has 2 aromatic rings. The SMILES string of the molecule is CCC(C)[Si](OCc1ccccc1)(c1ccccc1)C(C)CC. The molecule has 0 saturated carbocycles. The van der Waals surface area contributed by atoms with Gasteiger partial charge in [0.15, 0.2) is 0 Å². The highest BCUT2D eigenvalue weighted by Gasteiger charge is 2.46. The fourth-order valence-corrected chi connectivity index (χ4v) is 8.68. The third-order valence-corrected chi connectivity index (χ3v) is 10.8. The Hall–Kier alpha value is -1.38. The Balaban J connectivity index is 2.40. The van der Waals surface area contributed by atoms with Gasteiger partial charge < -0.3 is 4.43 Å². The van der Waals surface area contributed by atoms with Crippen LogP contribution in [0.1, 0.15) is 46.1 Å². The third kappa shape index (κ3) is 3.93. The average Bonchev–Trinajstić information content (AvgIpc) is 2.63. The van der Waals surface area contributed by atoms with Gasteiger partial charge in [-0.3, -0.25) is 0 Å². The van der Waals surface area contributed by atoms with Crippen LogP contribution in [0.3, 0.4) is 0 Å². The molecular weight excluding hydrogens is 296 g/mol. The molecule has 0 aliphatic heterocycles. The number of hydrogen-bond donors (Lipinski definition) is 0. The summed E-state index contributed by atoms with van der Waals surface area (Å²) in [6, 6.07) is 21.6. The second-order valence-corrected chi connectivity index (χ2v) is 11.0. The highest BCUT2D eigenvalue weighted by atomic mass is 28.4. The predicted octanol–water partition coefficient (Wildman–Crippen LogP) is 5.66. The highest BCUT2D eigenvalue weighted by molar-refractivity contribution is 6.88. The maximum atomic E-state index is 6.85. The van der Waals surface area contributed by atoms with Crippen LogP contribution < -0.4 is 5.19 Å². The van der Waals surface area contributed by atoms with Crippen molar-refractivity contribution in [1.82, 2.24) is 0 Å². The van der Waals surface area contributed by atoms with Crippen LogP contribution in [-0.4, -0.2) is 8.32 Å². The molecule has 2 rings (SSSR count). The molecule has 0 spiro atoms. The van der Waals surface area contributed by atoms with Crippen LogP contribution in [0.5, 0.6) is 0 Å². The van der Waals surface area contributed by atoms with Crippen LogP contribution in [0.2, 0.25) is 11.1 Å².